The zero-order valence-corrected chi connectivity index (χ0v) is 46.2. The summed E-state index contributed by atoms with van der Waals surface area (Å²) in [6.45, 7) is 0. The van der Waals surface area contributed by atoms with Crippen LogP contribution in [0.3, 0.4) is 0 Å². The predicted molar refractivity (Wildman–Crippen MR) is 284 cm³/mol. The summed E-state index contributed by atoms with van der Waals surface area (Å²) in [5, 5.41) is 15.6. The fourth-order valence-electron chi connectivity index (χ4n) is 10.9. The number of hydrogen-bond donors (Lipinski definition) is 0. The summed E-state index contributed by atoms with van der Waals surface area (Å²) < 4.78 is 297. The Morgan fingerprint density at radius 2 is 0.477 bits per heavy atom. The summed E-state index contributed by atoms with van der Waals surface area (Å²) in [5.74, 6) is -71.4. The number of benzene rings is 10. The third kappa shape index (κ3) is 9.70. The number of hydrogen-bond acceptors (Lipinski definition) is 2. The van der Waals surface area contributed by atoms with Gasteiger partial charge in [0.25, 0.3) is 0 Å². The average molecular weight is 1350 g/mol. The minimum atomic E-state index is -7.22. The number of halogens is 21. The van der Waals surface area contributed by atoms with Crippen molar-refractivity contribution < 1.29 is 109 Å². The van der Waals surface area contributed by atoms with Crippen LogP contribution in [-0.4, -0.2) is 6.15 Å². The van der Waals surface area contributed by atoms with Gasteiger partial charge < -0.3 is 0 Å². The molecule has 0 amide bonds. The lowest BCUT2D eigenvalue weighted by atomic mass is 9.12. The molecule has 0 bridgehead atoms. The van der Waals surface area contributed by atoms with E-state index < -0.39 is 144 Å². The van der Waals surface area contributed by atoms with Crippen molar-refractivity contribution >= 4 is 93.8 Å². The maximum atomic E-state index is 15.4. The van der Waals surface area contributed by atoms with Crippen molar-refractivity contribution in [1.82, 2.24) is 0 Å². The summed E-state index contributed by atoms with van der Waals surface area (Å²) in [4.78, 5) is 0. The molecule has 0 saturated heterocycles. The molecule has 0 fully saturated rings. The zero-order chi connectivity index (χ0) is 61.5. The second-order valence-electron chi connectivity index (χ2n) is 19.4. The van der Waals surface area contributed by atoms with E-state index >= 15 is 35.1 Å². The van der Waals surface area contributed by atoms with Gasteiger partial charge in [0.05, 0.1) is 0 Å². The van der Waals surface area contributed by atoms with Crippen molar-refractivity contribution in [3.63, 3.8) is 0 Å². The molecule has 0 aliphatic heterocycles. The van der Waals surface area contributed by atoms with E-state index in [0.717, 1.165) is 12.8 Å². The second kappa shape index (κ2) is 23.0. The molecule has 0 nitrogen and oxygen atoms in total. The summed E-state index contributed by atoms with van der Waals surface area (Å²) in [7, 11) is 0. The first-order valence-electron chi connectivity index (χ1n) is 24.8. The van der Waals surface area contributed by atoms with E-state index in [1.165, 1.54) is 65.3 Å². The van der Waals surface area contributed by atoms with Crippen LogP contribution in [0.2, 0.25) is 0 Å². The molecule has 2 aromatic heterocycles. The van der Waals surface area contributed by atoms with E-state index in [1.807, 2.05) is 22.7 Å². The van der Waals surface area contributed by atoms with E-state index in [-0.39, 0.29) is 21.2 Å². The van der Waals surface area contributed by atoms with Gasteiger partial charge in [-0.3, -0.25) is 0 Å². The highest BCUT2D eigenvalue weighted by Gasteiger charge is 2.52. The molecule has 24 heteroatoms. The van der Waals surface area contributed by atoms with E-state index in [9.17, 15) is 52.7 Å². The van der Waals surface area contributed by atoms with Gasteiger partial charge in [-0.1, -0.05) is 120 Å². The van der Waals surface area contributed by atoms with Gasteiger partial charge in [-0.2, -0.15) is 0 Å². The molecule has 0 unspecified atom stereocenters. The van der Waals surface area contributed by atoms with Crippen LogP contribution in [0, 0.1) is 122 Å². The third-order valence-electron chi connectivity index (χ3n) is 14.7. The molecule has 12 aromatic rings. The van der Waals surface area contributed by atoms with Gasteiger partial charge in [0.2, 0.25) is 5.77 Å². The molecule has 0 radical (unpaired) electrons. The number of thiophene rings is 2. The molecule has 0 aliphatic rings. The quantitative estimate of drug-likeness (QED) is 0.0320. The van der Waals surface area contributed by atoms with E-state index in [1.54, 1.807) is 5.77 Å². The summed E-state index contributed by atoms with van der Waals surface area (Å²) >= 11 is 3.71. The Morgan fingerprint density at radius 1 is 0.267 bits per heavy atom. The molecule has 10 aromatic carbocycles. The Bertz CT molecular complexity index is 4130. The van der Waals surface area contributed by atoms with Crippen LogP contribution in [-0.2, 0) is 12.8 Å². The molecule has 436 valence electrons. The lowest BCUT2D eigenvalue weighted by Crippen LogP contribution is -3.61. The predicted octanol–water partition coefficient (Wildman–Crippen LogP) is 13.6. The number of rotatable bonds is 10. The Balaban J connectivity index is 0.000000179. The molecule has 0 saturated carbocycles. The van der Waals surface area contributed by atoms with Crippen molar-refractivity contribution in [1.29, 1.82) is 0 Å². The summed E-state index contributed by atoms with van der Waals surface area (Å²) in [6.07, 6.45) is -5.26. The minimum Gasteiger partial charge on any atom is -0.207 e. The molecule has 0 N–H and O–H groups in total. The maximum absolute atomic E-state index is 15.4. The highest BCUT2D eigenvalue weighted by atomic mass is 127. The standard InChI is InChI=1S/C38H26IS2.C24BF20/c1-5-13-31-27(9-1)21-28-10-2-6-14-32(28)35(31)17-25-19-37(40-23-25)39-38-20-26(24-41-38)18-36-33-15-7-3-11-29(33)22-30-12-4-8-16-34(30)36;26-5-1(6(27)14(35)21(42)13(5)34)25(2-7(28)15(36)22(43)16(37)8(2)29,3-9(30)17(38)23(44)18(39)10(3)31)4-11(32)19(40)24(45)20(41)12(4)33/h1-16,19-24H,17-18H2;/q+1;-1. The SMILES string of the molecule is Fc1c(F)c(F)c([B-](c2c(F)c(F)c(F)c(F)c2F)(c2c(F)c(F)c(F)c(F)c2F)c2c(F)c(F)c(F)c(F)c2F)c(F)c1F.c1ccc2c(Cc3csc([I+]c4cc(Cc5c6ccccc6cc6ccccc56)cs4)c3)c3ccccc3cc2c1. The van der Waals surface area contributed by atoms with Crippen LogP contribution < -0.4 is 43.1 Å². The molecule has 12 rings (SSSR count). The minimum absolute atomic E-state index is 0.186. The highest BCUT2D eigenvalue weighted by Crippen LogP contribution is 2.35. The van der Waals surface area contributed by atoms with Gasteiger partial charge in [-0.15, -0.1) is 21.9 Å². The van der Waals surface area contributed by atoms with Crippen molar-refractivity contribution in [2.45, 2.75) is 12.8 Å². The lowest BCUT2D eigenvalue weighted by molar-refractivity contribution is -0.585. The molecular weight excluding hydrogens is 1330 g/mol. The van der Waals surface area contributed by atoms with Crippen LogP contribution in [0.4, 0.5) is 87.8 Å². The Kier molecular flexibility index (Phi) is 16.0. The number of fused-ring (bicyclic) bond motifs is 4. The monoisotopic (exact) mass is 1350 g/mol. The topological polar surface area (TPSA) is 0 Å². The normalized spacial score (nSPS) is 11.9. The third-order valence-corrected chi connectivity index (χ3v) is 20.4. The smallest absolute Gasteiger partial charge is 0.207 e. The van der Waals surface area contributed by atoms with Gasteiger partial charge in [0.1, 0.15) is 52.7 Å². The van der Waals surface area contributed by atoms with Gasteiger partial charge in [0, 0.05) is 12.1 Å². The molecule has 0 aliphatic carbocycles. The van der Waals surface area contributed by atoms with E-state index in [2.05, 4.69) is 132 Å². The fourth-order valence-corrected chi connectivity index (χ4v) is 16.9. The molecule has 0 atom stereocenters. The van der Waals surface area contributed by atoms with Crippen molar-refractivity contribution in [2.75, 3.05) is 0 Å². The van der Waals surface area contributed by atoms with Crippen LogP contribution in [0.5, 0.6) is 0 Å². The van der Waals surface area contributed by atoms with Crippen LogP contribution >= 0.6 is 22.7 Å². The first-order valence-corrected chi connectivity index (χ1v) is 28.7. The van der Waals surface area contributed by atoms with Gasteiger partial charge in [0.15, 0.2) is 69.8 Å². The Morgan fingerprint density at radius 3 is 0.709 bits per heavy atom. The fraction of sp³-hybridized carbons (Fsp3) is 0.0323. The van der Waals surface area contributed by atoms with E-state index in [0.29, 0.717) is 0 Å². The Hall–Kier alpha value is -7.97. The second-order valence-corrected chi connectivity index (χ2v) is 25.5. The summed E-state index contributed by atoms with van der Waals surface area (Å²) in [5.41, 5.74) is -8.57. The Labute approximate surface area is 489 Å². The van der Waals surface area contributed by atoms with Gasteiger partial charge >= 0.3 is 21.2 Å². The zero-order valence-electron chi connectivity index (χ0n) is 42.4. The molecule has 2 heterocycles. The molecule has 86 heavy (non-hydrogen) atoms. The average Bonchev–Trinajstić information content (AvgIpc) is 0.749. The first-order chi connectivity index (χ1) is 41.0. The van der Waals surface area contributed by atoms with Crippen LogP contribution in [0.25, 0.3) is 43.1 Å². The van der Waals surface area contributed by atoms with Crippen molar-refractivity contribution in [2.24, 2.45) is 0 Å². The summed E-state index contributed by atoms with van der Waals surface area (Å²) in [6, 6.07) is 45.0. The van der Waals surface area contributed by atoms with Crippen LogP contribution in [0.15, 0.2) is 132 Å². The highest BCUT2D eigenvalue weighted by molar-refractivity contribution is 7.20. The largest absolute Gasteiger partial charge is 0.381 e. The molecule has 0 spiro atoms. The van der Waals surface area contributed by atoms with E-state index in [4.69, 9.17) is 0 Å². The van der Waals surface area contributed by atoms with Gasteiger partial charge in [-0.25, -0.2) is 87.8 Å². The first kappa shape index (κ1) is 59.8. The maximum Gasteiger partial charge on any atom is 0.381 e. The lowest BCUT2D eigenvalue weighted by Gasteiger charge is -2.44. The van der Waals surface area contributed by atoms with Gasteiger partial charge in [-0.05, 0) is 101 Å². The molecular formula is C62H26BF20IS2. The van der Waals surface area contributed by atoms with Crippen molar-refractivity contribution in [3.05, 3.63) is 276 Å². The van der Waals surface area contributed by atoms with Crippen LogP contribution in [0.1, 0.15) is 22.3 Å². The van der Waals surface area contributed by atoms with Crippen molar-refractivity contribution in [3.8, 4) is 0 Å².